The molecule has 0 radical (unpaired) electrons. The zero-order valence-corrected chi connectivity index (χ0v) is 10.3. The molecule has 0 aliphatic heterocycles. The van der Waals surface area contributed by atoms with Crippen LogP contribution >= 0.6 is 0 Å². The van der Waals surface area contributed by atoms with E-state index in [1.165, 1.54) is 12.1 Å². The van der Waals surface area contributed by atoms with E-state index in [4.69, 9.17) is 0 Å². The van der Waals surface area contributed by atoms with Gasteiger partial charge in [0.05, 0.1) is 0 Å². The van der Waals surface area contributed by atoms with E-state index in [0.717, 1.165) is 6.07 Å². The number of aromatic nitrogens is 2. The first kappa shape index (κ1) is 14.2. The molecule has 0 aliphatic rings. The fourth-order valence-electron chi connectivity index (χ4n) is 1.60. The fraction of sp³-hybridized carbons (Fsp3) is 0.231. The standard InChI is InChI=1S/C13H11F4N3/c14-10-4-2-1-3-9(10)7-8-18-12-6-5-11(19-20-12)13(15,16)17/h1-6H,7-8H2,(H,18,20). The second-order valence-electron chi connectivity index (χ2n) is 4.07. The van der Waals surface area contributed by atoms with Crippen LogP contribution in [-0.2, 0) is 12.6 Å². The minimum atomic E-state index is -4.50. The van der Waals surface area contributed by atoms with Crippen LogP contribution in [0.3, 0.4) is 0 Å². The number of anilines is 1. The molecule has 1 heterocycles. The van der Waals surface area contributed by atoms with E-state index in [1.807, 2.05) is 0 Å². The van der Waals surface area contributed by atoms with Crippen molar-refractivity contribution < 1.29 is 17.6 Å². The molecule has 7 heteroatoms. The number of nitrogens with one attached hydrogen (secondary N) is 1. The maximum atomic E-state index is 13.3. The van der Waals surface area contributed by atoms with Crippen molar-refractivity contribution in [1.82, 2.24) is 10.2 Å². The summed E-state index contributed by atoms with van der Waals surface area (Å²) in [5.74, 6) is -0.0952. The van der Waals surface area contributed by atoms with Crippen molar-refractivity contribution in [2.24, 2.45) is 0 Å². The van der Waals surface area contributed by atoms with Gasteiger partial charge in [-0.1, -0.05) is 18.2 Å². The summed E-state index contributed by atoms with van der Waals surface area (Å²) in [4.78, 5) is 0. The van der Waals surface area contributed by atoms with Gasteiger partial charge >= 0.3 is 6.18 Å². The average molecular weight is 285 g/mol. The second kappa shape index (κ2) is 5.85. The SMILES string of the molecule is Fc1ccccc1CCNc1ccc(C(F)(F)F)nn1. The highest BCUT2D eigenvalue weighted by atomic mass is 19.4. The largest absolute Gasteiger partial charge is 0.435 e. The lowest BCUT2D eigenvalue weighted by atomic mass is 10.1. The van der Waals surface area contributed by atoms with Crippen LogP contribution in [0.5, 0.6) is 0 Å². The minimum absolute atomic E-state index is 0.217. The summed E-state index contributed by atoms with van der Waals surface area (Å²) in [7, 11) is 0. The summed E-state index contributed by atoms with van der Waals surface area (Å²) >= 11 is 0. The summed E-state index contributed by atoms with van der Waals surface area (Å²) in [5, 5.41) is 9.30. The molecule has 0 aliphatic carbocycles. The third-order valence-corrected chi connectivity index (χ3v) is 2.61. The molecule has 1 N–H and O–H groups in total. The molecule has 3 nitrogen and oxygen atoms in total. The molecule has 2 rings (SSSR count). The van der Waals surface area contributed by atoms with Gasteiger partial charge in [0.2, 0.25) is 0 Å². The third kappa shape index (κ3) is 3.66. The van der Waals surface area contributed by atoms with Gasteiger partial charge in [-0.25, -0.2) is 4.39 Å². The van der Waals surface area contributed by atoms with E-state index in [0.29, 0.717) is 18.5 Å². The summed E-state index contributed by atoms with van der Waals surface area (Å²) in [6.45, 7) is 0.348. The third-order valence-electron chi connectivity index (χ3n) is 2.61. The van der Waals surface area contributed by atoms with Crippen molar-refractivity contribution in [3.63, 3.8) is 0 Å². The van der Waals surface area contributed by atoms with Gasteiger partial charge < -0.3 is 5.32 Å². The van der Waals surface area contributed by atoms with Gasteiger partial charge in [0, 0.05) is 6.54 Å². The van der Waals surface area contributed by atoms with Crippen molar-refractivity contribution in [2.45, 2.75) is 12.6 Å². The number of hydrogen-bond acceptors (Lipinski definition) is 3. The zero-order chi connectivity index (χ0) is 14.6. The molecule has 0 atom stereocenters. The monoisotopic (exact) mass is 285 g/mol. The molecule has 0 unspecified atom stereocenters. The van der Waals surface area contributed by atoms with Crippen LogP contribution in [0.1, 0.15) is 11.3 Å². The average Bonchev–Trinajstić information content (AvgIpc) is 2.40. The van der Waals surface area contributed by atoms with E-state index in [9.17, 15) is 17.6 Å². The van der Waals surface area contributed by atoms with E-state index in [-0.39, 0.29) is 11.6 Å². The molecule has 0 bridgehead atoms. The number of nitrogens with zero attached hydrogens (tertiary/aromatic N) is 2. The van der Waals surface area contributed by atoms with Crippen LogP contribution in [0.15, 0.2) is 36.4 Å². The highest BCUT2D eigenvalue weighted by Crippen LogP contribution is 2.27. The summed E-state index contributed by atoms with van der Waals surface area (Å²) < 4.78 is 50.1. The molecule has 0 saturated heterocycles. The van der Waals surface area contributed by atoms with E-state index >= 15 is 0 Å². The molecule has 1 aromatic heterocycles. The lowest BCUT2D eigenvalue weighted by Crippen LogP contribution is -2.12. The topological polar surface area (TPSA) is 37.8 Å². The van der Waals surface area contributed by atoms with E-state index in [1.54, 1.807) is 18.2 Å². The van der Waals surface area contributed by atoms with Gasteiger partial charge in [-0.05, 0) is 30.2 Å². The Labute approximate surface area is 112 Å². The molecular weight excluding hydrogens is 274 g/mol. The van der Waals surface area contributed by atoms with Crippen molar-refractivity contribution in [3.8, 4) is 0 Å². The Kier molecular flexibility index (Phi) is 4.16. The van der Waals surface area contributed by atoms with Crippen LogP contribution in [0, 0.1) is 5.82 Å². The van der Waals surface area contributed by atoms with Crippen LogP contribution in [-0.4, -0.2) is 16.7 Å². The Hall–Kier alpha value is -2.18. The maximum absolute atomic E-state index is 13.3. The van der Waals surface area contributed by atoms with Crippen molar-refractivity contribution in [1.29, 1.82) is 0 Å². The number of rotatable bonds is 4. The Morgan fingerprint density at radius 1 is 1.00 bits per heavy atom. The van der Waals surface area contributed by atoms with Gasteiger partial charge in [0.15, 0.2) is 5.69 Å². The van der Waals surface area contributed by atoms with E-state index < -0.39 is 11.9 Å². The second-order valence-corrected chi connectivity index (χ2v) is 4.07. The molecule has 0 spiro atoms. The molecule has 106 valence electrons. The Balaban J connectivity index is 1.90. The molecule has 2 aromatic rings. The molecule has 0 fully saturated rings. The van der Waals surface area contributed by atoms with Crippen molar-refractivity contribution in [2.75, 3.05) is 11.9 Å². The predicted molar refractivity (Wildman–Crippen MR) is 65.6 cm³/mol. The van der Waals surface area contributed by atoms with Gasteiger partial charge in [-0.3, -0.25) is 0 Å². The van der Waals surface area contributed by atoms with Crippen LogP contribution in [0.4, 0.5) is 23.4 Å². The molecule has 0 amide bonds. The Morgan fingerprint density at radius 3 is 2.35 bits per heavy atom. The Morgan fingerprint density at radius 2 is 1.75 bits per heavy atom. The van der Waals surface area contributed by atoms with Gasteiger partial charge in [-0.15, -0.1) is 10.2 Å². The van der Waals surface area contributed by atoms with Crippen LogP contribution < -0.4 is 5.32 Å². The van der Waals surface area contributed by atoms with Crippen molar-refractivity contribution in [3.05, 3.63) is 53.5 Å². The summed E-state index contributed by atoms with van der Waals surface area (Å²) in [5.41, 5.74) is -0.517. The summed E-state index contributed by atoms with van der Waals surface area (Å²) in [6.07, 6.45) is -4.10. The molecule has 20 heavy (non-hydrogen) atoms. The molecule has 0 saturated carbocycles. The first-order valence-electron chi connectivity index (χ1n) is 5.85. The highest BCUT2D eigenvalue weighted by Gasteiger charge is 2.32. The van der Waals surface area contributed by atoms with Gasteiger partial charge in [0.1, 0.15) is 11.6 Å². The normalized spacial score (nSPS) is 11.4. The summed E-state index contributed by atoms with van der Waals surface area (Å²) in [6, 6.07) is 8.35. The predicted octanol–water partition coefficient (Wildman–Crippen LogP) is 3.29. The number of halogens is 4. The van der Waals surface area contributed by atoms with Gasteiger partial charge in [-0.2, -0.15) is 13.2 Å². The Bertz CT molecular complexity index is 567. The number of benzene rings is 1. The van der Waals surface area contributed by atoms with Crippen molar-refractivity contribution >= 4 is 5.82 Å². The number of alkyl halides is 3. The maximum Gasteiger partial charge on any atom is 0.435 e. The highest BCUT2D eigenvalue weighted by molar-refractivity contribution is 5.33. The number of hydrogen-bond donors (Lipinski definition) is 1. The quantitative estimate of drug-likeness (QED) is 0.876. The van der Waals surface area contributed by atoms with Crippen LogP contribution in [0.25, 0.3) is 0 Å². The smallest absolute Gasteiger partial charge is 0.368 e. The molecular formula is C13H11F4N3. The van der Waals surface area contributed by atoms with Gasteiger partial charge in [0.25, 0.3) is 0 Å². The zero-order valence-electron chi connectivity index (χ0n) is 10.3. The first-order valence-corrected chi connectivity index (χ1v) is 5.85. The lowest BCUT2D eigenvalue weighted by molar-refractivity contribution is -0.141. The van der Waals surface area contributed by atoms with E-state index in [2.05, 4.69) is 15.5 Å². The molecule has 1 aromatic carbocycles. The minimum Gasteiger partial charge on any atom is -0.368 e. The lowest BCUT2D eigenvalue weighted by Gasteiger charge is -2.07. The van der Waals surface area contributed by atoms with Crippen LogP contribution in [0.2, 0.25) is 0 Å². The fourth-order valence-corrected chi connectivity index (χ4v) is 1.60. The first-order chi connectivity index (χ1) is 9.47.